The first kappa shape index (κ1) is 14.8. The molecule has 2 N–H and O–H groups in total. The van der Waals surface area contributed by atoms with E-state index in [2.05, 4.69) is 62.1 Å². The predicted molar refractivity (Wildman–Crippen MR) is 86.5 cm³/mol. The van der Waals surface area contributed by atoms with Crippen LogP contribution in [-0.2, 0) is 13.0 Å². The van der Waals surface area contributed by atoms with Crippen molar-refractivity contribution < 1.29 is 0 Å². The van der Waals surface area contributed by atoms with Crippen LogP contribution in [0.4, 0.5) is 0 Å². The van der Waals surface area contributed by atoms with Crippen LogP contribution in [0.2, 0.25) is 0 Å². The third-order valence-corrected chi connectivity index (χ3v) is 4.40. The fourth-order valence-electron chi connectivity index (χ4n) is 2.20. The van der Waals surface area contributed by atoms with Crippen LogP contribution < -0.4 is 5.32 Å². The lowest BCUT2D eigenvalue weighted by Crippen LogP contribution is -2.14. The van der Waals surface area contributed by atoms with E-state index >= 15 is 0 Å². The molecular formula is C15H18N6S. The Morgan fingerprint density at radius 3 is 3.00 bits per heavy atom. The average Bonchev–Trinajstić information content (AvgIpc) is 3.19. The molecule has 1 aromatic carbocycles. The quantitative estimate of drug-likeness (QED) is 0.654. The molecule has 3 rings (SSSR count). The number of nitrogens with zero attached hydrogens (tertiary/aromatic N) is 4. The first-order chi connectivity index (χ1) is 10.8. The van der Waals surface area contributed by atoms with Crippen molar-refractivity contribution in [3.05, 3.63) is 46.7 Å². The molecular weight excluding hydrogens is 296 g/mol. The highest BCUT2D eigenvalue weighted by atomic mass is 32.1. The van der Waals surface area contributed by atoms with Crippen molar-refractivity contribution >= 4 is 11.3 Å². The largest absolute Gasteiger partial charge is 0.312 e. The number of aromatic nitrogens is 5. The van der Waals surface area contributed by atoms with Crippen molar-refractivity contribution in [1.29, 1.82) is 0 Å². The van der Waals surface area contributed by atoms with Crippen LogP contribution in [0.5, 0.6) is 0 Å². The SMILES string of the molecule is Cc1ccccc1-c1ncc(CNCCCc2nn[nH]n2)s1. The van der Waals surface area contributed by atoms with Gasteiger partial charge in [-0.15, -0.1) is 21.5 Å². The third kappa shape index (κ3) is 3.75. The minimum atomic E-state index is 0.765. The Labute approximate surface area is 133 Å². The van der Waals surface area contributed by atoms with Gasteiger partial charge < -0.3 is 5.32 Å². The molecule has 0 bridgehead atoms. The summed E-state index contributed by atoms with van der Waals surface area (Å²) in [7, 11) is 0. The Kier molecular flexibility index (Phi) is 4.87. The first-order valence-electron chi connectivity index (χ1n) is 7.26. The number of aryl methyl sites for hydroxylation is 2. The number of aromatic amines is 1. The summed E-state index contributed by atoms with van der Waals surface area (Å²) >= 11 is 1.74. The van der Waals surface area contributed by atoms with E-state index in [0.29, 0.717) is 0 Å². The number of thiazole rings is 1. The minimum absolute atomic E-state index is 0.765. The predicted octanol–water partition coefficient (Wildman–Crippen LogP) is 2.35. The number of H-pyrrole nitrogens is 1. The zero-order valence-corrected chi connectivity index (χ0v) is 13.2. The monoisotopic (exact) mass is 314 g/mol. The molecule has 3 aromatic rings. The van der Waals surface area contributed by atoms with Gasteiger partial charge in [-0.3, -0.25) is 0 Å². The molecule has 22 heavy (non-hydrogen) atoms. The van der Waals surface area contributed by atoms with Gasteiger partial charge in [0.25, 0.3) is 0 Å². The fourth-order valence-corrected chi connectivity index (χ4v) is 3.17. The van der Waals surface area contributed by atoms with E-state index in [1.165, 1.54) is 16.0 Å². The van der Waals surface area contributed by atoms with Gasteiger partial charge >= 0.3 is 0 Å². The highest BCUT2D eigenvalue weighted by molar-refractivity contribution is 7.15. The summed E-state index contributed by atoms with van der Waals surface area (Å²) in [4.78, 5) is 5.78. The molecule has 0 atom stereocenters. The van der Waals surface area contributed by atoms with Crippen molar-refractivity contribution in [2.45, 2.75) is 26.3 Å². The van der Waals surface area contributed by atoms with Crippen molar-refractivity contribution in [2.24, 2.45) is 0 Å². The first-order valence-corrected chi connectivity index (χ1v) is 8.08. The Morgan fingerprint density at radius 2 is 2.18 bits per heavy atom. The molecule has 0 fully saturated rings. The van der Waals surface area contributed by atoms with Gasteiger partial charge in [0.05, 0.1) is 0 Å². The van der Waals surface area contributed by atoms with Crippen LogP contribution >= 0.6 is 11.3 Å². The number of benzene rings is 1. The summed E-state index contributed by atoms with van der Waals surface area (Å²) in [6.45, 7) is 3.88. The zero-order chi connectivity index (χ0) is 15.2. The van der Waals surface area contributed by atoms with Crippen molar-refractivity contribution in [3.8, 4) is 10.6 Å². The second-order valence-corrected chi connectivity index (χ2v) is 6.17. The number of hydrogen-bond donors (Lipinski definition) is 2. The van der Waals surface area contributed by atoms with Crippen molar-refractivity contribution in [3.63, 3.8) is 0 Å². The molecule has 2 aromatic heterocycles. The Bertz CT molecular complexity index is 706. The molecule has 0 radical (unpaired) electrons. The molecule has 6 nitrogen and oxygen atoms in total. The summed E-state index contributed by atoms with van der Waals surface area (Å²) in [5.41, 5.74) is 2.48. The number of hydrogen-bond acceptors (Lipinski definition) is 6. The molecule has 2 heterocycles. The lowest BCUT2D eigenvalue weighted by Gasteiger charge is -2.01. The smallest absolute Gasteiger partial charge is 0.174 e. The molecule has 7 heteroatoms. The molecule has 0 saturated heterocycles. The lowest BCUT2D eigenvalue weighted by atomic mass is 10.1. The van der Waals surface area contributed by atoms with Gasteiger partial charge in [-0.2, -0.15) is 5.21 Å². The molecule has 0 aliphatic heterocycles. The summed E-state index contributed by atoms with van der Waals surface area (Å²) < 4.78 is 0. The summed E-state index contributed by atoms with van der Waals surface area (Å²) in [5, 5.41) is 18.4. The molecule has 0 spiro atoms. The highest BCUT2D eigenvalue weighted by Crippen LogP contribution is 2.27. The summed E-state index contributed by atoms with van der Waals surface area (Å²) in [5.74, 6) is 0.765. The van der Waals surface area contributed by atoms with E-state index in [-0.39, 0.29) is 0 Å². The van der Waals surface area contributed by atoms with Crippen LogP contribution in [0, 0.1) is 6.92 Å². The molecule has 0 amide bonds. The van der Waals surface area contributed by atoms with Gasteiger partial charge in [-0.25, -0.2) is 4.98 Å². The van der Waals surface area contributed by atoms with E-state index in [1.54, 1.807) is 11.3 Å². The fraction of sp³-hybridized carbons (Fsp3) is 0.333. The minimum Gasteiger partial charge on any atom is -0.312 e. The van der Waals surface area contributed by atoms with Gasteiger partial charge in [0.1, 0.15) is 5.01 Å². The van der Waals surface area contributed by atoms with Crippen LogP contribution in [-0.4, -0.2) is 32.2 Å². The topological polar surface area (TPSA) is 79.4 Å². The Balaban J connectivity index is 1.47. The van der Waals surface area contributed by atoms with Gasteiger partial charge in [0.15, 0.2) is 5.82 Å². The van der Waals surface area contributed by atoms with Gasteiger partial charge in [-0.05, 0) is 25.5 Å². The number of rotatable bonds is 7. The van der Waals surface area contributed by atoms with Gasteiger partial charge in [0.2, 0.25) is 0 Å². The third-order valence-electron chi connectivity index (χ3n) is 3.37. The summed E-state index contributed by atoms with van der Waals surface area (Å²) in [6.07, 6.45) is 3.78. The van der Waals surface area contributed by atoms with E-state index in [0.717, 1.165) is 36.8 Å². The maximum absolute atomic E-state index is 4.53. The van der Waals surface area contributed by atoms with Gasteiger partial charge in [-0.1, -0.05) is 29.5 Å². The van der Waals surface area contributed by atoms with Crippen molar-refractivity contribution in [1.82, 2.24) is 30.9 Å². The normalized spacial score (nSPS) is 11.0. The molecule has 0 aliphatic rings. The van der Waals surface area contributed by atoms with Gasteiger partial charge in [0, 0.05) is 29.6 Å². The molecule has 0 unspecified atom stereocenters. The molecule has 0 aliphatic carbocycles. The van der Waals surface area contributed by atoms with E-state index in [4.69, 9.17) is 0 Å². The average molecular weight is 314 g/mol. The standard InChI is InChI=1S/C15H18N6S/c1-11-5-2-3-6-13(11)15-17-10-12(22-15)9-16-8-4-7-14-18-20-21-19-14/h2-3,5-6,10,16H,4,7-9H2,1H3,(H,18,19,20,21). The maximum atomic E-state index is 4.53. The maximum Gasteiger partial charge on any atom is 0.174 e. The number of tetrazole rings is 1. The van der Waals surface area contributed by atoms with E-state index in [9.17, 15) is 0 Å². The summed E-state index contributed by atoms with van der Waals surface area (Å²) in [6, 6.07) is 8.35. The Hall–Kier alpha value is -2.12. The molecule has 114 valence electrons. The van der Waals surface area contributed by atoms with Crippen LogP contribution in [0.15, 0.2) is 30.5 Å². The number of nitrogens with one attached hydrogen (secondary N) is 2. The second kappa shape index (κ2) is 7.24. The van der Waals surface area contributed by atoms with E-state index < -0.39 is 0 Å². The van der Waals surface area contributed by atoms with Crippen LogP contribution in [0.1, 0.15) is 22.7 Å². The Morgan fingerprint density at radius 1 is 1.27 bits per heavy atom. The van der Waals surface area contributed by atoms with Crippen LogP contribution in [0.25, 0.3) is 10.6 Å². The lowest BCUT2D eigenvalue weighted by molar-refractivity contribution is 0.643. The van der Waals surface area contributed by atoms with Crippen LogP contribution in [0.3, 0.4) is 0 Å². The van der Waals surface area contributed by atoms with E-state index in [1.807, 2.05) is 6.20 Å². The zero-order valence-electron chi connectivity index (χ0n) is 12.4. The highest BCUT2D eigenvalue weighted by Gasteiger charge is 2.06. The van der Waals surface area contributed by atoms with Crippen molar-refractivity contribution in [2.75, 3.05) is 6.54 Å². The second-order valence-electron chi connectivity index (χ2n) is 5.06. The molecule has 0 saturated carbocycles.